The van der Waals surface area contributed by atoms with Crippen LogP contribution in [0, 0.1) is 20.8 Å². The molecule has 5 nitrogen and oxygen atoms in total. The van der Waals surface area contributed by atoms with E-state index in [2.05, 4.69) is 51.9 Å². The van der Waals surface area contributed by atoms with Gasteiger partial charge in [-0.05, 0) is 56.7 Å². The molecule has 0 atom stereocenters. The first-order valence-electron chi connectivity index (χ1n) is 8.72. The van der Waals surface area contributed by atoms with E-state index in [-0.39, 0.29) is 0 Å². The van der Waals surface area contributed by atoms with Crippen LogP contribution >= 0.6 is 11.6 Å². The molecular weight excluding hydrogens is 358 g/mol. The van der Waals surface area contributed by atoms with Crippen molar-refractivity contribution in [3.8, 4) is 5.69 Å². The molecule has 2 heterocycles. The average Bonchev–Trinajstić information content (AvgIpc) is 3.18. The third-order valence-electron chi connectivity index (χ3n) is 4.65. The van der Waals surface area contributed by atoms with Gasteiger partial charge >= 0.3 is 0 Å². The number of imidazole rings is 1. The number of nitrogens with zero attached hydrogens (tertiary/aromatic N) is 3. The van der Waals surface area contributed by atoms with Gasteiger partial charge in [-0.1, -0.05) is 29.8 Å². The Morgan fingerprint density at radius 2 is 1.93 bits per heavy atom. The van der Waals surface area contributed by atoms with Crippen LogP contribution in [0.15, 0.2) is 53.6 Å². The van der Waals surface area contributed by atoms with E-state index >= 15 is 0 Å². The Morgan fingerprint density at radius 3 is 2.74 bits per heavy atom. The zero-order valence-corrected chi connectivity index (χ0v) is 16.2. The second kappa shape index (κ2) is 6.93. The molecule has 0 aliphatic heterocycles. The largest absolute Gasteiger partial charge is 0.323 e. The molecule has 2 N–H and O–H groups in total. The molecule has 0 aliphatic carbocycles. The fourth-order valence-electron chi connectivity index (χ4n) is 3.28. The number of hydrogen-bond donors (Lipinski definition) is 2. The first-order valence-corrected chi connectivity index (χ1v) is 9.10. The number of para-hydroxylation sites is 2. The molecule has 4 rings (SSSR count). The number of anilines is 1. The lowest BCUT2D eigenvalue weighted by Gasteiger charge is -2.13. The summed E-state index contributed by atoms with van der Waals surface area (Å²) in [6.07, 6.45) is 1.81. The van der Waals surface area contributed by atoms with Gasteiger partial charge in [0.1, 0.15) is 0 Å². The Labute approximate surface area is 162 Å². The zero-order valence-electron chi connectivity index (χ0n) is 15.4. The number of halogens is 1. The fraction of sp³-hybridized carbons (Fsp3) is 0.143. The fourth-order valence-corrected chi connectivity index (χ4v) is 3.45. The van der Waals surface area contributed by atoms with Crippen LogP contribution in [-0.2, 0) is 0 Å². The first kappa shape index (κ1) is 17.4. The monoisotopic (exact) mass is 377 g/mol. The quantitative estimate of drug-likeness (QED) is 0.370. The van der Waals surface area contributed by atoms with Gasteiger partial charge < -0.3 is 9.55 Å². The number of H-pyrrole nitrogens is 1. The zero-order chi connectivity index (χ0) is 19.0. The molecule has 2 aromatic heterocycles. The number of aromatic nitrogens is 3. The number of hydrazone groups is 1. The molecule has 0 saturated heterocycles. The molecule has 0 amide bonds. The first-order chi connectivity index (χ1) is 13.0. The predicted octanol–water partition coefficient (Wildman–Crippen LogP) is 5.38. The number of hydrogen-bond acceptors (Lipinski definition) is 3. The van der Waals surface area contributed by atoms with E-state index in [1.165, 1.54) is 5.56 Å². The van der Waals surface area contributed by atoms with Crippen LogP contribution in [0.3, 0.4) is 0 Å². The molecule has 0 spiro atoms. The Balaban J connectivity index is 1.61. The van der Waals surface area contributed by atoms with Crippen LogP contribution in [0.2, 0.25) is 5.02 Å². The third kappa shape index (κ3) is 3.34. The van der Waals surface area contributed by atoms with Crippen LogP contribution in [-0.4, -0.2) is 20.7 Å². The number of aromatic amines is 1. The summed E-state index contributed by atoms with van der Waals surface area (Å²) in [4.78, 5) is 7.65. The average molecular weight is 378 g/mol. The Bertz CT molecular complexity index is 1120. The van der Waals surface area contributed by atoms with Crippen LogP contribution in [0.1, 0.15) is 22.5 Å². The number of aryl methyl sites for hydroxylation is 2. The summed E-state index contributed by atoms with van der Waals surface area (Å²) in [7, 11) is 0. The normalized spacial score (nSPS) is 11.6. The minimum absolute atomic E-state index is 0.618. The van der Waals surface area contributed by atoms with E-state index in [0.29, 0.717) is 5.95 Å². The summed E-state index contributed by atoms with van der Waals surface area (Å²) in [5.74, 6) is 0.618. The molecule has 0 fully saturated rings. The van der Waals surface area contributed by atoms with Crippen LogP contribution in [0.4, 0.5) is 5.95 Å². The number of nitrogens with one attached hydrogen (secondary N) is 2. The second-order valence-electron chi connectivity index (χ2n) is 6.57. The minimum atomic E-state index is 0.618. The molecule has 0 bridgehead atoms. The van der Waals surface area contributed by atoms with Crippen LogP contribution in [0.25, 0.3) is 16.7 Å². The molecular formula is C21H20ClN5. The highest BCUT2D eigenvalue weighted by atomic mass is 35.5. The number of benzene rings is 2. The minimum Gasteiger partial charge on any atom is -0.323 e. The van der Waals surface area contributed by atoms with E-state index in [1.54, 1.807) is 0 Å². The smallest absolute Gasteiger partial charge is 0.222 e. The van der Waals surface area contributed by atoms with Crippen LogP contribution < -0.4 is 5.43 Å². The van der Waals surface area contributed by atoms with E-state index in [0.717, 1.165) is 38.7 Å². The third-order valence-corrected chi connectivity index (χ3v) is 4.88. The highest BCUT2D eigenvalue weighted by molar-refractivity contribution is 6.30. The lowest BCUT2D eigenvalue weighted by Crippen LogP contribution is -2.02. The summed E-state index contributed by atoms with van der Waals surface area (Å²) in [6, 6.07) is 15.9. The number of rotatable bonds is 4. The standard InChI is InChI=1S/C21H20ClN5/c1-13-8-9-17(22)11-20(13)27-14(2)10-16(15(27)3)12-23-26-21-24-18-6-4-5-7-19(18)25-21/h4-12H,1-3H3,(H2,24,25,26)/b23-12-. The van der Waals surface area contributed by atoms with Gasteiger partial charge in [0.2, 0.25) is 5.95 Å². The Kier molecular flexibility index (Phi) is 4.46. The van der Waals surface area contributed by atoms with Crippen molar-refractivity contribution in [3.05, 3.63) is 76.1 Å². The van der Waals surface area contributed by atoms with E-state index in [1.807, 2.05) is 48.7 Å². The SMILES string of the molecule is Cc1ccc(Cl)cc1-n1c(C)cc(/C=N\Nc2nc3ccccc3[nH]2)c1C. The summed E-state index contributed by atoms with van der Waals surface area (Å²) >= 11 is 6.20. The Hall–Kier alpha value is -3.05. The van der Waals surface area contributed by atoms with Gasteiger partial charge in [0, 0.05) is 27.7 Å². The van der Waals surface area contributed by atoms with Gasteiger partial charge in [-0.25, -0.2) is 10.4 Å². The molecule has 0 saturated carbocycles. The molecule has 0 unspecified atom stereocenters. The summed E-state index contributed by atoms with van der Waals surface area (Å²) in [5.41, 5.74) is 10.4. The molecule has 27 heavy (non-hydrogen) atoms. The van der Waals surface area contributed by atoms with E-state index < -0.39 is 0 Å². The molecule has 0 radical (unpaired) electrons. The lowest BCUT2D eigenvalue weighted by atomic mass is 10.2. The molecule has 2 aromatic carbocycles. The van der Waals surface area contributed by atoms with Crippen molar-refractivity contribution in [2.45, 2.75) is 20.8 Å². The summed E-state index contributed by atoms with van der Waals surface area (Å²) in [6.45, 7) is 6.24. The predicted molar refractivity (Wildman–Crippen MR) is 112 cm³/mol. The molecule has 4 aromatic rings. The number of fused-ring (bicyclic) bond motifs is 1. The van der Waals surface area contributed by atoms with Crippen molar-refractivity contribution in [3.63, 3.8) is 0 Å². The van der Waals surface area contributed by atoms with Gasteiger partial charge in [-0.15, -0.1) is 0 Å². The topological polar surface area (TPSA) is 58.0 Å². The summed E-state index contributed by atoms with van der Waals surface area (Å²) < 4.78 is 2.20. The van der Waals surface area contributed by atoms with Gasteiger partial charge in [-0.2, -0.15) is 5.10 Å². The maximum atomic E-state index is 6.20. The van der Waals surface area contributed by atoms with E-state index in [9.17, 15) is 0 Å². The van der Waals surface area contributed by atoms with Crippen molar-refractivity contribution in [2.75, 3.05) is 5.43 Å². The highest BCUT2D eigenvalue weighted by Gasteiger charge is 2.12. The van der Waals surface area contributed by atoms with Crippen molar-refractivity contribution < 1.29 is 0 Å². The molecule has 0 aliphatic rings. The maximum absolute atomic E-state index is 6.20. The van der Waals surface area contributed by atoms with E-state index in [4.69, 9.17) is 11.6 Å². The highest BCUT2D eigenvalue weighted by Crippen LogP contribution is 2.25. The molecule has 6 heteroatoms. The van der Waals surface area contributed by atoms with Crippen molar-refractivity contribution >= 4 is 34.8 Å². The van der Waals surface area contributed by atoms with Gasteiger partial charge in [0.05, 0.1) is 17.2 Å². The van der Waals surface area contributed by atoms with Crippen molar-refractivity contribution in [1.82, 2.24) is 14.5 Å². The van der Waals surface area contributed by atoms with Gasteiger partial charge in [0.25, 0.3) is 0 Å². The van der Waals surface area contributed by atoms with Gasteiger partial charge in [0.15, 0.2) is 0 Å². The summed E-state index contributed by atoms with van der Waals surface area (Å²) in [5, 5.41) is 5.07. The van der Waals surface area contributed by atoms with Crippen molar-refractivity contribution in [2.24, 2.45) is 5.10 Å². The second-order valence-corrected chi connectivity index (χ2v) is 7.00. The Morgan fingerprint density at radius 1 is 1.11 bits per heavy atom. The van der Waals surface area contributed by atoms with Crippen molar-refractivity contribution in [1.29, 1.82) is 0 Å². The molecule has 136 valence electrons. The maximum Gasteiger partial charge on any atom is 0.222 e. The van der Waals surface area contributed by atoms with Gasteiger partial charge in [-0.3, -0.25) is 0 Å². The lowest BCUT2D eigenvalue weighted by molar-refractivity contribution is 0.954. The van der Waals surface area contributed by atoms with Crippen LogP contribution in [0.5, 0.6) is 0 Å².